The first-order valence-electron chi connectivity index (χ1n) is 4.69. The van der Waals surface area contributed by atoms with Gasteiger partial charge in [0, 0.05) is 24.7 Å². The first kappa shape index (κ1) is 10.4. The number of carbonyl (C=O) groups excluding carboxylic acids is 1. The number of nitrogens with two attached hydrogens (primary N) is 1. The Morgan fingerprint density at radius 1 is 1.50 bits per heavy atom. The Morgan fingerprint density at radius 2 is 2.25 bits per heavy atom. The van der Waals surface area contributed by atoms with E-state index in [1.54, 1.807) is 13.1 Å². The molecule has 0 bridgehead atoms. The van der Waals surface area contributed by atoms with Gasteiger partial charge in [-0.05, 0) is 12.1 Å². The van der Waals surface area contributed by atoms with Crippen LogP contribution in [0.5, 0.6) is 0 Å². The largest absolute Gasteiger partial charge is 0.387 e. The van der Waals surface area contributed by atoms with Gasteiger partial charge >= 0.3 is 0 Å². The first-order valence-corrected chi connectivity index (χ1v) is 4.69. The molecule has 3 N–H and O–H groups in total. The van der Waals surface area contributed by atoms with Gasteiger partial charge in [-0.15, -0.1) is 0 Å². The third-order valence-electron chi connectivity index (χ3n) is 2.35. The molecule has 0 unspecified atom stereocenters. The fourth-order valence-corrected chi connectivity index (χ4v) is 1.62. The molecular weight excluding hydrogens is 209 g/mol. The fraction of sp³-hybridized carbons (Fsp3) is 0.0909. The summed E-state index contributed by atoms with van der Waals surface area (Å²) in [7, 11) is 1.67. The molecule has 1 heterocycles. The Balaban J connectivity index is 2.80. The molecule has 1 aromatic heterocycles. The van der Waals surface area contributed by atoms with E-state index in [2.05, 4.69) is 10.3 Å². The van der Waals surface area contributed by atoms with Crippen molar-refractivity contribution in [3.63, 3.8) is 0 Å². The third-order valence-corrected chi connectivity index (χ3v) is 2.35. The second kappa shape index (κ2) is 3.77. The average Bonchev–Trinajstić information content (AvgIpc) is 2.26. The summed E-state index contributed by atoms with van der Waals surface area (Å²) in [6, 6.07) is 4.19. The predicted octanol–water partition coefficient (Wildman–Crippen LogP) is 1.51. The van der Waals surface area contributed by atoms with Crippen LogP contribution in [0, 0.1) is 5.82 Å². The van der Waals surface area contributed by atoms with Crippen molar-refractivity contribution in [3.05, 3.63) is 35.8 Å². The van der Waals surface area contributed by atoms with E-state index < -0.39 is 5.91 Å². The molecule has 0 spiro atoms. The standard InChI is InChI=1S/C11H10FN3O/c1-14-10-7-3-2-6(12)4-9(7)15-5-8(10)11(13)16/h2-5H,1H3,(H2,13,16)(H,14,15). The van der Waals surface area contributed by atoms with Gasteiger partial charge in [-0.2, -0.15) is 0 Å². The Hall–Kier alpha value is -2.17. The van der Waals surface area contributed by atoms with Crippen molar-refractivity contribution < 1.29 is 9.18 Å². The summed E-state index contributed by atoms with van der Waals surface area (Å²) in [6.07, 6.45) is 1.34. The molecule has 2 rings (SSSR count). The van der Waals surface area contributed by atoms with E-state index in [1.807, 2.05) is 0 Å². The maximum Gasteiger partial charge on any atom is 0.252 e. The zero-order chi connectivity index (χ0) is 11.7. The van der Waals surface area contributed by atoms with Gasteiger partial charge in [0.05, 0.1) is 16.8 Å². The zero-order valence-electron chi connectivity index (χ0n) is 8.62. The molecule has 1 aromatic carbocycles. The minimum absolute atomic E-state index is 0.293. The van der Waals surface area contributed by atoms with Crippen LogP contribution in [0.3, 0.4) is 0 Å². The van der Waals surface area contributed by atoms with Gasteiger partial charge < -0.3 is 11.1 Å². The maximum absolute atomic E-state index is 13.0. The lowest BCUT2D eigenvalue weighted by Crippen LogP contribution is -2.14. The van der Waals surface area contributed by atoms with Gasteiger partial charge in [0.2, 0.25) is 0 Å². The van der Waals surface area contributed by atoms with E-state index >= 15 is 0 Å². The Kier molecular flexibility index (Phi) is 2.44. The van der Waals surface area contributed by atoms with Crippen LogP contribution in [0.1, 0.15) is 10.4 Å². The normalized spacial score (nSPS) is 10.4. The van der Waals surface area contributed by atoms with Gasteiger partial charge in [-0.25, -0.2) is 4.39 Å². The second-order valence-corrected chi connectivity index (χ2v) is 3.32. The fourth-order valence-electron chi connectivity index (χ4n) is 1.62. The first-order chi connectivity index (χ1) is 7.63. The quantitative estimate of drug-likeness (QED) is 0.804. The van der Waals surface area contributed by atoms with Crippen LogP contribution in [-0.2, 0) is 0 Å². The number of primary amides is 1. The number of nitrogens with one attached hydrogen (secondary N) is 1. The molecule has 0 aliphatic carbocycles. The number of fused-ring (bicyclic) bond motifs is 1. The highest BCUT2D eigenvalue weighted by Crippen LogP contribution is 2.25. The molecule has 0 radical (unpaired) electrons. The Bertz CT molecular complexity index is 568. The van der Waals surface area contributed by atoms with Crippen molar-refractivity contribution in [2.45, 2.75) is 0 Å². The van der Waals surface area contributed by atoms with Gasteiger partial charge in [0.1, 0.15) is 5.82 Å². The number of halogens is 1. The number of amides is 1. The lowest BCUT2D eigenvalue weighted by molar-refractivity contribution is 0.100. The van der Waals surface area contributed by atoms with Crippen LogP contribution in [0.15, 0.2) is 24.4 Å². The zero-order valence-corrected chi connectivity index (χ0v) is 8.62. The van der Waals surface area contributed by atoms with E-state index in [-0.39, 0.29) is 5.82 Å². The summed E-state index contributed by atoms with van der Waals surface area (Å²) in [5, 5.41) is 3.54. The number of benzene rings is 1. The van der Waals surface area contributed by atoms with Crippen molar-refractivity contribution in [2.75, 3.05) is 12.4 Å². The molecule has 2 aromatic rings. The number of hydrogen-bond donors (Lipinski definition) is 2. The molecule has 5 heteroatoms. The van der Waals surface area contributed by atoms with Crippen molar-refractivity contribution in [1.29, 1.82) is 0 Å². The summed E-state index contributed by atoms with van der Waals surface area (Å²) >= 11 is 0. The summed E-state index contributed by atoms with van der Waals surface area (Å²) in [6.45, 7) is 0. The SMILES string of the molecule is CNc1c(C(N)=O)cnc2cc(F)ccc12. The number of rotatable bonds is 2. The van der Waals surface area contributed by atoms with Crippen LogP contribution in [0.2, 0.25) is 0 Å². The molecule has 0 atom stereocenters. The van der Waals surface area contributed by atoms with Crippen LogP contribution < -0.4 is 11.1 Å². The van der Waals surface area contributed by atoms with Crippen LogP contribution in [0.4, 0.5) is 10.1 Å². The molecule has 82 valence electrons. The number of anilines is 1. The highest BCUT2D eigenvalue weighted by molar-refractivity contribution is 6.06. The van der Waals surface area contributed by atoms with Crippen molar-refractivity contribution in [3.8, 4) is 0 Å². The summed E-state index contributed by atoms with van der Waals surface area (Å²) in [4.78, 5) is 15.2. The van der Waals surface area contributed by atoms with Crippen molar-refractivity contribution in [2.24, 2.45) is 5.73 Å². The summed E-state index contributed by atoms with van der Waals surface area (Å²) in [5.74, 6) is -0.933. The van der Waals surface area contributed by atoms with Crippen LogP contribution in [0.25, 0.3) is 10.9 Å². The minimum Gasteiger partial charge on any atom is -0.387 e. The molecule has 0 aliphatic heterocycles. The van der Waals surface area contributed by atoms with E-state index in [0.717, 1.165) is 0 Å². The van der Waals surface area contributed by atoms with Gasteiger partial charge in [-0.3, -0.25) is 9.78 Å². The van der Waals surface area contributed by atoms with Crippen LogP contribution >= 0.6 is 0 Å². The lowest BCUT2D eigenvalue weighted by atomic mass is 10.1. The number of nitrogens with zero attached hydrogens (tertiary/aromatic N) is 1. The monoisotopic (exact) mass is 219 g/mol. The number of pyridine rings is 1. The van der Waals surface area contributed by atoms with E-state index in [1.165, 1.54) is 18.3 Å². The highest BCUT2D eigenvalue weighted by Gasteiger charge is 2.11. The molecule has 16 heavy (non-hydrogen) atoms. The molecular formula is C11H10FN3O. The van der Waals surface area contributed by atoms with E-state index in [9.17, 15) is 9.18 Å². The van der Waals surface area contributed by atoms with Crippen molar-refractivity contribution >= 4 is 22.5 Å². The van der Waals surface area contributed by atoms with Crippen molar-refractivity contribution in [1.82, 2.24) is 4.98 Å². The predicted molar refractivity (Wildman–Crippen MR) is 59.8 cm³/mol. The highest BCUT2D eigenvalue weighted by atomic mass is 19.1. The van der Waals surface area contributed by atoms with E-state index in [0.29, 0.717) is 22.2 Å². The van der Waals surface area contributed by atoms with E-state index in [4.69, 9.17) is 5.73 Å². The molecule has 0 saturated carbocycles. The van der Waals surface area contributed by atoms with Gasteiger partial charge in [0.15, 0.2) is 0 Å². The lowest BCUT2D eigenvalue weighted by Gasteiger charge is -2.09. The minimum atomic E-state index is -0.567. The van der Waals surface area contributed by atoms with Gasteiger partial charge in [0.25, 0.3) is 5.91 Å². The Labute approximate surface area is 91.3 Å². The van der Waals surface area contributed by atoms with Gasteiger partial charge in [-0.1, -0.05) is 0 Å². The molecule has 0 saturated heterocycles. The molecule has 4 nitrogen and oxygen atoms in total. The number of carbonyl (C=O) groups is 1. The third kappa shape index (κ3) is 1.56. The molecule has 1 amide bonds. The second-order valence-electron chi connectivity index (χ2n) is 3.32. The number of aromatic nitrogens is 1. The topological polar surface area (TPSA) is 68.0 Å². The summed E-state index contributed by atoms with van der Waals surface area (Å²) in [5.41, 5.74) is 6.56. The maximum atomic E-state index is 13.0. The summed E-state index contributed by atoms with van der Waals surface area (Å²) < 4.78 is 13.0. The number of hydrogen-bond acceptors (Lipinski definition) is 3. The Morgan fingerprint density at radius 3 is 2.88 bits per heavy atom. The molecule has 0 fully saturated rings. The molecule has 0 aliphatic rings. The smallest absolute Gasteiger partial charge is 0.252 e. The van der Waals surface area contributed by atoms with Crippen LogP contribution in [-0.4, -0.2) is 17.9 Å². The average molecular weight is 219 g/mol.